The Hall–Kier alpha value is -0.270. The highest BCUT2D eigenvalue weighted by Crippen LogP contribution is 2.10. The van der Waals surface area contributed by atoms with Gasteiger partial charge in [-0.1, -0.05) is 104 Å². The molecule has 0 aliphatic carbocycles. The zero-order valence-electron chi connectivity index (χ0n) is 32.4. The molecule has 0 aromatic carbocycles. The molecule has 0 aliphatic rings. The average Bonchev–Trinajstić information content (AvgIpc) is 3.08. The first-order valence-electron chi connectivity index (χ1n) is 19.8. The molecule has 13 nitrogen and oxygen atoms in total. The lowest BCUT2D eigenvalue weighted by molar-refractivity contribution is -0.0584. The zero-order valence-corrected chi connectivity index (χ0v) is 34.8. The summed E-state index contributed by atoms with van der Waals surface area (Å²) >= 11 is 0. The van der Waals surface area contributed by atoms with Crippen LogP contribution in [0, 0.1) is 0 Å². The van der Waals surface area contributed by atoms with Gasteiger partial charge in [-0.3, -0.25) is 13.3 Å². The summed E-state index contributed by atoms with van der Waals surface area (Å²) in [6, 6.07) is 0. The minimum Gasteiger partial charge on any atom is -0.379 e. The predicted molar refractivity (Wildman–Crippen MR) is 208 cm³/mol. The van der Waals surface area contributed by atoms with Crippen LogP contribution in [-0.2, 0) is 59.5 Å². The Morgan fingerprint density at radius 3 is 1.08 bits per heavy atom. The summed E-state index contributed by atoms with van der Waals surface area (Å²) in [6.07, 6.45) is 18.7. The molecule has 0 bridgehead atoms. The third-order valence-corrected chi connectivity index (χ3v) is 11.1. The fourth-order valence-corrected chi connectivity index (χ4v) is 6.99. The second-order valence-corrected chi connectivity index (χ2v) is 18.2. The zero-order chi connectivity index (χ0) is 38.6. The summed E-state index contributed by atoms with van der Waals surface area (Å²) in [4.78, 5) is 0. The number of ether oxygens (including phenoxy) is 6. The molecule has 0 heterocycles. The topological polar surface area (TPSA) is 181 Å². The first-order chi connectivity index (χ1) is 25.0. The molecule has 0 saturated carbocycles. The lowest BCUT2D eigenvalue weighted by Gasteiger charge is -2.19. The van der Waals surface area contributed by atoms with Crippen LogP contribution >= 0.6 is 0 Å². The van der Waals surface area contributed by atoms with Crippen LogP contribution in [-0.4, -0.2) is 131 Å². The molecular formula is C36H74O13S3. The Kier molecular flexibility index (Phi) is 36.2. The van der Waals surface area contributed by atoms with Crippen LogP contribution < -0.4 is 0 Å². The Morgan fingerprint density at radius 1 is 0.442 bits per heavy atom. The van der Waals surface area contributed by atoms with Crippen molar-refractivity contribution in [3.63, 3.8) is 0 Å². The molecule has 16 heteroatoms. The van der Waals surface area contributed by atoms with E-state index in [1.807, 2.05) is 0 Å². The van der Waals surface area contributed by atoms with Gasteiger partial charge in [-0.15, -0.1) is 0 Å². The van der Waals surface area contributed by atoms with Crippen LogP contribution in [0.15, 0.2) is 0 Å². The van der Waals surface area contributed by atoms with E-state index in [0.717, 1.165) is 25.7 Å². The maximum absolute atomic E-state index is 12.6. The SMILES string of the molecule is CCCCCCCCCCOCC(COCCS(=O)CCOCC(COCCCCCCCCCC)OCCCS(=O)(=O)O)OCCCS(=O)(=O)O. The number of hydrogen-bond donors (Lipinski definition) is 2. The van der Waals surface area contributed by atoms with Crippen molar-refractivity contribution in [2.75, 3.05) is 89.1 Å². The summed E-state index contributed by atoms with van der Waals surface area (Å²) in [7, 11) is -9.30. The quantitative estimate of drug-likeness (QED) is 0.0511. The van der Waals surface area contributed by atoms with Crippen molar-refractivity contribution in [2.24, 2.45) is 0 Å². The standard InChI is InChI=1S/C36H74O13S3/c1-3-5-7-9-11-13-15-17-21-44-31-35(48-23-19-29-51(38,39)40)33-46-25-27-50(37)28-26-47-34-36(49-24-20-30-52(41,42)43)32-45-22-18-16-14-12-10-8-6-4-2/h35-36H,3-34H2,1-2H3,(H,38,39,40)(H,41,42,43). The van der Waals surface area contributed by atoms with Gasteiger partial charge < -0.3 is 28.4 Å². The maximum atomic E-state index is 12.6. The fourth-order valence-electron chi connectivity index (χ4n) is 5.21. The highest BCUT2D eigenvalue weighted by molar-refractivity contribution is 7.86. The first-order valence-corrected chi connectivity index (χ1v) is 24.5. The summed E-state index contributed by atoms with van der Waals surface area (Å²) < 4.78 is 109. The third kappa shape index (κ3) is 40.9. The molecule has 2 unspecified atom stereocenters. The molecule has 0 saturated heterocycles. The van der Waals surface area contributed by atoms with Gasteiger partial charge in [-0.05, 0) is 25.7 Å². The molecule has 0 spiro atoms. The van der Waals surface area contributed by atoms with Gasteiger partial charge in [0.15, 0.2) is 0 Å². The van der Waals surface area contributed by atoms with Gasteiger partial charge in [0.25, 0.3) is 20.2 Å². The number of unbranched alkanes of at least 4 members (excludes halogenated alkanes) is 14. The van der Waals surface area contributed by atoms with E-state index >= 15 is 0 Å². The summed E-state index contributed by atoms with van der Waals surface area (Å²) in [5, 5.41) is 0. The summed E-state index contributed by atoms with van der Waals surface area (Å²) in [5.41, 5.74) is 0. The van der Waals surface area contributed by atoms with E-state index in [4.69, 9.17) is 37.5 Å². The van der Waals surface area contributed by atoms with E-state index in [0.29, 0.717) is 37.9 Å². The predicted octanol–water partition coefficient (Wildman–Crippen LogP) is 6.41. The lowest BCUT2D eigenvalue weighted by Crippen LogP contribution is -2.28. The largest absolute Gasteiger partial charge is 0.379 e. The van der Waals surface area contributed by atoms with Gasteiger partial charge >= 0.3 is 0 Å². The molecule has 314 valence electrons. The van der Waals surface area contributed by atoms with Crippen LogP contribution in [0.3, 0.4) is 0 Å². The average molecular weight is 811 g/mol. The molecule has 0 aromatic heterocycles. The maximum Gasteiger partial charge on any atom is 0.264 e. The van der Waals surface area contributed by atoms with Crippen LogP contribution in [0.5, 0.6) is 0 Å². The summed E-state index contributed by atoms with van der Waals surface area (Å²) in [6.45, 7) is 7.35. The van der Waals surface area contributed by atoms with Crippen molar-refractivity contribution in [1.82, 2.24) is 0 Å². The minimum atomic E-state index is -4.05. The van der Waals surface area contributed by atoms with Crippen LogP contribution in [0.1, 0.15) is 129 Å². The molecular weight excluding hydrogens is 737 g/mol. The lowest BCUT2D eigenvalue weighted by atomic mass is 10.1. The van der Waals surface area contributed by atoms with Crippen LogP contribution in [0.2, 0.25) is 0 Å². The monoisotopic (exact) mass is 810 g/mol. The fraction of sp³-hybridized carbons (Fsp3) is 1.00. The van der Waals surface area contributed by atoms with Crippen molar-refractivity contribution >= 4 is 31.0 Å². The van der Waals surface area contributed by atoms with E-state index in [-0.39, 0.29) is 64.0 Å². The molecule has 0 rings (SSSR count). The molecule has 0 aromatic rings. The van der Waals surface area contributed by atoms with Crippen LogP contribution in [0.25, 0.3) is 0 Å². The van der Waals surface area contributed by atoms with Crippen molar-refractivity contribution in [2.45, 2.75) is 142 Å². The molecule has 2 atom stereocenters. The normalized spacial score (nSPS) is 14.2. The molecule has 2 N–H and O–H groups in total. The van der Waals surface area contributed by atoms with E-state index in [1.54, 1.807) is 0 Å². The Balaban J connectivity index is 4.39. The van der Waals surface area contributed by atoms with Gasteiger partial charge in [-0.25, -0.2) is 0 Å². The van der Waals surface area contributed by atoms with Crippen molar-refractivity contribution in [1.29, 1.82) is 0 Å². The summed E-state index contributed by atoms with van der Waals surface area (Å²) in [5.74, 6) is -0.160. The van der Waals surface area contributed by atoms with Gasteiger partial charge in [0.1, 0.15) is 12.2 Å². The smallest absolute Gasteiger partial charge is 0.264 e. The van der Waals surface area contributed by atoms with Gasteiger partial charge in [0, 0.05) is 48.7 Å². The number of hydrogen-bond acceptors (Lipinski definition) is 11. The molecule has 0 amide bonds. The van der Waals surface area contributed by atoms with Gasteiger partial charge in [-0.2, -0.15) is 16.8 Å². The first kappa shape index (κ1) is 51.7. The van der Waals surface area contributed by atoms with Crippen LogP contribution in [0.4, 0.5) is 0 Å². The molecule has 0 fully saturated rings. The van der Waals surface area contributed by atoms with E-state index in [2.05, 4.69) is 13.8 Å². The highest BCUT2D eigenvalue weighted by Gasteiger charge is 2.14. The highest BCUT2D eigenvalue weighted by atomic mass is 32.2. The second kappa shape index (κ2) is 36.4. The van der Waals surface area contributed by atoms with Crippen molar-refractivity contribution in [3.8, 4) is 0 Å². The van der Waals surface area contributed by atoms with E-state index in [1.165, 1.54) is 77.0 Å². The number of rotatable bonds is 42. The molecule has 0 radical (unpaired) electrons. The Morgan fingerprint density at radius 2 is 0.750 bits per heavy atom. The Labute approximate surface area is 319 Å². The van der Waals surface area contributed by atoms with Crippen molar-refractivity contribution < 1.29 is 58.6 Å². The van der Waals surface area contributed by atoms with Gasteiger partial charge in [0.2, 0.25) is 0 Å². The second-order valence-electron chi connectivity index (χ2n) is 13.4. The molecule has 52 heavy (non-hydrogen) atoms. The Bertz CT molecular complexity index is 935. The van der Waals surface area contributed by atoms with E-state index < -0.39 is 43.2 Å². The van der Waals surface area contributed by atoms with E-state index in [9.17, 15) is 21.0 Å². The molecule has 0 aliphatic heterocycles. The van der Waals surface area contributed by atoms with Gasteiger partial charge in [0.05, 0.1) is 51.1 Å². The van der Waals surface area contributed by atoms with Crippen molar-refractivity contribution in [3.05, 3.63) is 0 Å². The minimum absolute atomic E-state index is 0.133. The third-order valence-electron chi connectivity index (χ3n) is 8.21.